The molecule has 0 amide bonds. The van der Waals surface area contributed by atoms with Gasteiger partial charge in [0.1, 0.15) is 5.69 Å². The van der Waals surface area contributed by atoms with Gasteiger partial charge in [-0.3, -0.25) is 9.67 Å². The molecule has 0 saturated heterocycles. The maximum Gasteiger partial charge on any atom is 0.238 e. The number of nitrogens with two attached hydrogens (primary N) is 1. The molecule has 3 rings (SSSR count). The highest BCUT2D eigenvalue weighted by Gasteiger charge is 2.17. The van der Waals surface area contributed by atoms with Crippen molar-refractivity contribution in [2.24, 2.45) is 12.2 Å². The monoisotopic (exact) mass is 328 g/mol. The number of aromatic nitrogens is 3. The summed E-state index contributed by atoms with van der Waals surface area (Å²) in [4.78, 5) is 4.12. The van der Waals surface area contributed by atoms with E-state index in [4.69, 9.17) is 5.14 Å². The molecule has 7 heteroatoms. The lowest BCUT2D eigenvalue weighted by atomic mass is 10.00. The first-order valence-electron chi connectivity index (χ1n) is 6.95. The zero-order valence-electron chi connectivity index (χ0n) is 12.8. The van der Waals surface area contributed by atoms with Crippen molar-refractivity contribution in [3.05, 3.63) is 54.5 Å². The second kappa shape index (κ2) is 5.60. The van der Waals surface area contributed by atoms with Crippen molar-refractivity contribution in [3.8, 4) is 22.4 Å². The Labute approximate surface area is 134 Å². The van der Waals surface area contributed by atoms with Gasteiger partial charge in [0.25, 0.3) is 0 Å². The Morgan fingerprint density at radius 3 is 2.17 bits per heavy atom. The molecule has 0 bridgehead atoms. The topological polar surface area (TPSA) is 90.9 Å². The molecule has 23 heavy (non-hydrogen) atoms. The molecule has 2 aromatic heterocycles. The summed E-state index contributed by atoms with van der Waals surface area (Å²) in [5.41, 5.74) is 4.61. The Kier molecular flexibility index (Phi) is 3.75. The molecule has 0 aliphatic heterocycles. The third-order valence-electron chi connectivity index (χ3n) is 3.76. The summed E-state index contributed by atoms with van der Waals surface area (Å²) in [7, 11) is -1.82. The average molecular weight is 328 g/mol. The molecule has 2 heterocycles. The highest BCUT2D eigenvalue weighted by Crippen LogP contribution is 2.34. The van der Waals surface area contributed by atoms with Crippen LogP contribution in [0.25, 0.3) is 22.4 Å². The highest BCUT2D eigenvalue weighted by atomic mass is 32.2. The predicted molar refractivity (Wildman–Crippen MR) is 88.0 cm³/mol. The molecule has 0 radical (unpaired) electrons. The van der Waals surface area contributed by atoms with E-state index in [-0.39, 0.29) is 4.90 Å². The van der Waals surface area contributed by atoms with Gasteiger partial charge in [0, 0.05) is 36.3 Å². The van der Waals surface area contributed by atoms with E-state index < -0.39 is 10.0 Å². The molecule has 0 unspecified atom stereocenters. The van der Waals surface area contributed by atoms with Gasteiger partial charge < -0.3 is 0 Å². The van der Waals surface area contributed by atoms with Crippen LogP contribution in [-0.4, -0.2) is 23.2 Å². The molecule has 0 aliphatic rings. The lowest BCUT2D eigenvalue weighted by molar-refractivity contribution is 0.598. The van der Waals surface area contributed by atoms with Gasteiger partial charge in [-0.15, -0.1) is 0 Å². The average Bonchev–Trinajstić information content (AvgIpc) is 2.83. The van der Waals surface area contributed by atoms with Gasteiger partial charge in [0.05, 0.1) is 4.90 Å². The molecule has 6 nitrogen and oxygen atoms in total. The van der Waals surface area contributed by atoms with Gasteiger partial charge in [-0.05, 0) is 36.8 Å². The summed E-state index contributed by atoms with van der Waals surface area (Å²) < 4.78 is 24.6. The number of pyridine rings is 1. The molecule has 0 aliphatic carbocycles. The Hall–Kier alpha value is -2.51. The fraction of sp³-hybridized carbons (Fsp3) is 0.125. The zero-order chi connectivity index (χ0) is 16.6. The van der Waals surface area contributed by atoms with Crippen LogP contribution < -0.4 is 5.14 Å². The van der Waals surface area contributed by atoms with Crippen LogP contribution in [0.3, 0.4) is 0 Å². The van der Waals surface area contributed by atoms with E-state index in [1.54, 1.807) is 29.2 Å². The second-order valence-electron chi connectivity index (χ2n) is 5.24. The van der Waals surface area contributed by atoms with Crippen molar-refractivity contribution in [3.63, 3.8) is 0 Å². The first kappa shape index (κ1) is 15.4. The van der Waals surface area contributed by atoms with Crippen LogP contribution in [-0.2, 0) is 17.1 Å². The van der Waals surface area contributed by atoms with Gasteiger partial charge >= 0.3 is 0 Å². The maximum absolute atomic E-state index is 11.4. The molecule has 1 aromatic carbocycles. The Morgan fingerprint density at radius 2 is 1.61 bits per heavy atom. The lowest BCUT2D eigenvalue weighted by Crippen LogP contribution is -2.11. The van der Waals surface area contributed by atoms with Crippen molar-refractivity contribution in [2.75, 3.05) is 0 Å². The number of primary sulfonamides is 1. The number of benzene rings is 1. The summed E-state index contributed by atoms with van der Waals surface area (Å²) in [5, 5.41) is 9.72. The van der Waals surface area contributed by atoms with Gasteiger partial charge in [0.2, 0.25) is 10.0 Å². The SMILES string of the molecule is Cc1c(-c2ccc(S(N)(=O)=O)cc2)c(-c2ccncc2)nn1C. The van der Waals surface area contributed by atoms with E-state index in [0.29, 0.717) is 0 Å². The van der Waals surface area contributed by atoms with Gasteiger partial charge in [-0.25, -0.2) is 13.6 Å². The minimum absolute atomic E-state index is 0.0910. The molecule has 0 spiro atoms. The maximum atomic E-state index is 11.4. The van der Waals surface area contributed by atoms with E-state index in [1.807, 2.05) is 26.1 Å². The molecule has 0 atom stereocenters. The third-order valence-corrected chi connectivity index (χ3v) is 4.69. The molecular weight excluding hydrogens is 312 g/mol. The number of rotatable bonds is 3. The lowest BCUT2D eigenvalue weighted by Gasteiger charge is -2.06. The molecule has 0 saturated carbocycles. The summed E-state index contributed by atoms with van der Waals surface area (Å²) in [6.07, 6.45) is 3.43. The second-order valence-corrected chi connectivity index (χ2v) is 6.80. The summed E-state index contributed by atoms with van der Waals surface area (Å²) >= 11 is 0. The standard InChI is InChI=1S/C16H16N4O2S/c1-11-15(12-3-5-14(6-4-12)23(17,21)22)16(19-20(11)2)13-7-9-18-10-8-13/h3-10H,1-2H3,(H2,17,21,22). The molecule has 118 valence electrons. The smallest absolute Gasteiger partial charge is 0.238 e. The summed E-state index contributed by atoms with van der Waals surface area (Å²) in [6, 6.07) is 10.3. The first-order chi connectivity index (χ1) is 10.9. The van der Waals surface area contributed by atoms with Crippen LogP contribution >= 0.6 is 0 Å². The zero-order valence-corrected chi connectivity index (χ0v) is 13.6. The van der Waals surface area contributed by atoms with Crippen LogP contribution in [0.1, 0.15) is 5.69 Å². The molecule has 2 N–H and O–H groups in total. The van der Waals surface area contributed by atoms with Crippen molar-refractivity contribution < 1.29 is 8.42 Å². The number of hydrogen-bond acceptors (Lipinski definition) is 4. The van der Waals surface area contributed by atoms with Gasteiger partial charge in [0.15, 0.2) is 0 Å². The summed E-state index contributed by atoms with van der Waals surface area (Å²) in [6.45, 7) is 1.97. The van der Waals surface area contributed by atoms with Crippen molar-refractivity contribution in [1.82, 2.24) is 14.8 Å². The summed E-state index contributed by atoms with van der Waals surface area (Å²) in [5.74, 6) is 0. The van der Waals surface area contributed by atoms with E-state index in [9.17, 15) is 8.42 Å². The largest absolute Gasteiger partial charge is 0.272 e. The number of aryl methyl sites for hydroxylation is 1. The third kappa shape index (κ3) is 2.88. The molecule has 0 fully saturated rings. The molecular formula is C16H16N4O2S. The van der Waals surface area contributed by atoms with Crippen LogP contribution in [0.4, 0.5) is 0 Å². The fourth-order valence-electron chi connectivity index (χ4n) is 2.48. The van der Waals surface area contributed by atoms with Crippen LogP contribution in [0.5, 0.6) is 0 Å². The molecule has 3 aromatic rings. The number of sulfonamides is 1. The van der Waals surface area contributed by atoms with E-state index in [2.05, 4.69) is 10.1 Å². The van der Waals surface area contributed by atoms with Gasteiger partial charge in [-0.2, -0.15) is 5.10 Å². The van der Waals surface area contributed by atoms with E-state index in [1.165, 1.54) is 12.1 Å². The Bertz CT molecular complexity index is 946. The Balaban J connectivity index is 2.17. The van der Waals surface area contributed by atoms with E-state index >= 15 is 0 Å². The van der Waals surface area contributed by atoms with Crippen LogP contribution in [0.15, 0.2) is 53.7 Å². The van der Waals surface area contributed by atoms with Crippen molar-refractivity contribution >= 4 is 10.0 Å². The highest BCUT2D eigenvalue weighted by molar-refractivity contribution is 7.89. The van der Waals surface area contributed by atoms with Crippen molar-refractivity contribution in [1.29, 1.82) is 0 Å². The number of nitrogens with zero attached hydrogens (tertiary/aromatic N) is 3. The van der Waals surface area contributed by atoms with E-state index in [0.717, 1.165) is 28.1 Å². The van der Waals surface area contributed by atoms with Crippen LogP contribution in [0, 0.1) is 6.92 Å². The quantitative estimate of drug-likeness (QED) is 0.797. The Morgan fingerprint density at radius 1 is 1.00 bits per heavy atom. The van der Waals surface area contributed by atoms with Crippen molar-refractivity contribution in [2.45, 2.75) is 11.8 Å². The number of hydrogen-bond donors (Lipinski definition) is 1. The minimum Gasteiger partial charge on any atom is -0.272 e. The normalized spacial score (nSPS) is 11.6. The van der Waals surface area contributed by atoms with Gasteiger partial charge in [-0.1, -0.05) is 12.1 Å². The minimum atomic E-state index is -3.70. The predicted octanol–water partition coefficient (Wildman–Crippen LogP) is 2.10. The first-order valence-corrected chi connectivity index (χ1v) is 8.50. The fourth-order valence-corrected chi connectivity index (χ4v) is 2.99. The van der Waals surface area contributed by atoms with Crippen LogP contribution in [0.2, 0.25) is 0 Å².